The summed E-state index contributed by atoms with van der Waals surface area (Å²) in [5.74, 6) is 2.83. The molecular weight excluding hydrogens is 132 g/mol. The number of rotatable bonds is 4. The lowest BCUT2D eigenvalue weighted by Gasteiger charge is -2.02. The molecule has 0 nitrogen and oxygen atoms in total. The zero-order valence-corrected chi connectivity index (χ0v) is 8.01. The normalized spacial score (nSPS) is 32.6. The molecule has 0 aromatic carbocycles. The number of allylic oxidation sites excluding steroid dienone is 2. The summed E-state index contributed by atoms with van der Waals surface area (Å²) in [5, 5.41) is 0. The lowest BCUT2D eigenvalue weighted by atomic mass is 10.0. The Labute approximate surface area is 70.7 Å². The molecule has 0 aromatic heterocycles. The van der Waals surface area contributed by atoms with E-state index in [4.69, 9.17) is 0 Å². The van der Waals surface area contributed by atoms with Crippen LogP contribution in [0.2, 0.25) is 0 Å². The van der Waals surface area contributed by atoms with Crippen molar-refractivity contribution in [3.63, 3.8) is 0 Å². The Kier molecular flexibility index (Phi) is 3.16. The second-order valence-corrected chi connectivity index (χ2v) is 3.95. The average Bonchev–Trinajstić information content (AvgIpc) is 2.67. The van der Waals surface area contributed by atoms with Crippen LogP contribution < -0.4 is 0 Å². The minimum Gasteiger partial charge on any atom is -0.0883 e. The zero-order chi connectivity index (χ0) is 8.27. The smallest absolute Gasteiger partial charge is 0.0231 e. The van der Waals surface area contributed by atoms with Crippen LogP contribution in [0.25, 0.3) is 0 Å². The Morgan fingerprint density at radius 3 is 2.64 bits per heavy atom. The van der Waals surface area contributed by atoms with Crippen LogP contribution >= 0.6 is 0 Å². The van der Waals surface area contributed by atoms with Gasteiger partial charge < -0.3 is 0 Å². The lowest BCUT2D eigenvalue weighted by Crippen LogP contribution is -1.92. The molecule has 1 rings (SSSR count). The summed E-state index contributed by atoms with van der Waals surface area (Å²) in [5.41, 5.74) is 0. The fourth-order valence-electron chi connectivity index (χ4n) is 1.70. The maximum Gasteiger partial charge on any atom is -0.0231 e. The first-order valence-electron chi connectivity index (χ1n) is 4.92. The molecule has 1 fully saturated rings. The van der Waals surface area contributed by atoms with Gasteiger partial charge in [0.2, 0.25) is 0 Å². The van der Waals surface area contributed by atoms with Crippen LogP contribution in [0.15, 0.2) is 12.2 Å². The molecule has 0 heterocycles. The van der Waals surface area contributed by atoms with Crippen LogP contribution in [0.3, 0.4) is 0 Å². The van der Waals surface area contributed by atoms with Crippen LogP contribution in [0, 0.1) is 17.8 Å². The highest BCUT2D eigenvalue weighted by Crippen LogP contribution is 2.44. The van der Waals surface area contributed by atoms with Gasteiger partial charge in [0.25, 0.3) is 0 Å². The second kappa shape index (κ2) is 3.94. The zero-order valence-electron chi connectivity index (χ0n) is 8.01. The molecule has 0 amide bonds. The molecule has 0 aliphatic heterocycles. The van der Waals surface area contributed by atoms with Crippen molar-refractivity contribution >= 4 is 0 Å². The third kappa shape index (κ3) is 2.69. The topological polar surface area (TPSA) is 0 Å². The maximum atomic E-state index is 2.40. The van der Waals surface area contributed by atoms with Crippen molar-refractivity contribution in [1.29, 1.82) is 0 Å². The van der Waals surface area contributed by atoms with Crippen molar-refractivity contribution < 1.29 is 0 Å². The first-order valence-corrected chi connectivity index (χ1v) is 4.92. The summed E-state index contributed by atoms with van der Waals surface area (Å²) >= 11 is 0. The highest BCUT2D eigenvalue weighted by atomic mass is 14.4. The molecule has 1 aliphatic rings. The number of hydrogen-bond donors (Lipinski definition) is 0. The molecule has 3 atom stereocenters. The molecule has 1 aliphatic carbocycles. The summed E-state index contributed by atoms with van der Waals surface area (Å²) in [4.78, 5) is 0. The van der Waals surface area contributed by atoms with E-state index in [1.165, 1.54) is 19.3 Å². The number of unbranched alkanes of at least 4 members (excludes halogenated alkanes) is 1. The number of hydrogen-bond acceptors (Lipinski definition) is 0. The van der Waals surface area contributed by atoms with Gasteiger partial charge in [-0.2, -0.15) is 0 Å². The van der Waals surface area contributed by atoms with Crippen molar-refractivity contribution in [3.05, 3.63) is 12.2 Å². The molecule has 11 heavy (non-hydrogen) atoms. The third-order valence-electron chi connectivity index (χ3n) is 2.74. The van der Waals surface area contributed by atoms with Gasteiger partial charge in [-0.25, -0.2) is 0 Å². The van der Waals surface area contributed by atoms with Crippen LogP contribution in [-0.4, -0.2) is 0 Å². The summed E-state index contributed by atoms with van der Waals surface area (Å²) in [6.07, 6.45) is 8.74. The average molecular weight is 152 g/mol. The summed E-state index contributed by atoms with van der Waals surface area (Å²) in [6.45, 7) is 6.93. The highest BCUT2D eigenvalue weighted by Gasteiger charge is 2.35. The molecule has 1 saturated carbocycles. The second-order valence-electron chi connectivity index (χ2n) is 3.95. The van der Waals surface area contributed by atoms with E-state index < -0.39 is 0 Å². The van der Waals surface area contributed by atoms with Crippen LogP contribution in [0.5, 0.6) is 0 Å². The molecular formula is C11H20. The van der Waals surface area contributed by atoms with E-state index in [1.54, 1.807) is 0 Å². The van der Waals surface area contributed by atoms with Crippen molar-refractivity contribution in [3.8, 4) is 0 Å². The minimum absolute atomic E-state index is 0.830. The maximum absolute atomic E-state index is 2.40. The fourth-order valence-corrected chi connectivity index (χ4v) is 1.70. The quantitative estimate of drug-likeness (QED) is 0.539. The third-order valence-corrected chi connectivity index (χ3v) is 2.74. The predicted octanol–water partition coefficient (Wildman–Crippen LogP) is 3.63. The molecule has 0 radical (unpaired) electrons. The SMILES string of the molecule is CCCC=CC(C)C1CC1C. The van der Waals surface area contributed by atoms with Crippen molar-refractivity contribution in [2.45, 2.75) is 40.0 Å². The van der Waals surface area contributed by atoms with E-state index in [1.807, 2.05) is 0 Å². The molecule has 0 bridgehead atoms. The van der Waals surface area contributed by atoms with Gasteiger partial charge in [-0.1, -0.05) is 39.3 Å². The molecule has 64 valence electrons. The Balaban J connectivity index is 2.15. The first-order chi connectivity index (χ1) is 5.25. The molecule has 0 heteroatoms. The molecule has 0 aromatic rings. The standard InChI is InChI=1S/C11H20/c1-4-5-6-7-9(2)11-8-10(11)3/h6-7,9-11H,4-5,8H2,1-3H3. The summed E-state index contributed by atoms with van der Waals surface area (Å²) < 4.78 is 0. The van der Waals surface area contributed by atoms with Gasteiger partial charge in [0, 0.05) is 0 Å². The summed E-state index contributed by atoms with van der Waals surface area (Å²) in [7, 11) is 0. The van der Waals surface area contributed by atoms with Crippen molar-refractivity contribution in [1.82, 2.24) is 0 Å². The van der Waals surface area contributed by atoms with Gasteiger partial charge >= 0.3 is 0 Å². The van der Waals surface area contributed by atoms with Crippen LogP contribution in [0.1, 0.15) is 40.0 Å². The van der Waals surface area contributed by atoms with E-state index in [-0.39, 0.29) is 0 Å². The van der Waals surface area contributed by atoms with E-state index in [0.29, 0.717) is 0 Å². The monoisotopic (exact) mass is 152 g/mol. The molecule has 0 spiro atoms. The lowest BCUT2D eigenvalue weighted by molar-refractivity contribution is 0.584. The van der Waals surface area contributed by atoms with E-state index in [0.717, 1.165) is 17.8 Å². The van der Waals surface area contributed by atoms with Gasteiger partial charge in [-0.15, -0.1) is 0 Å². The Bertz CT molecular complexity index is 135. The minimum atomic E-state index is 0.830. The van der Waals surface area contributed by atoms with Gasteiger partial charge in [0.05, 0.1) is 0 Å². The van der Waals surface area contributed by atoms with Crippen molar-refractivity contribution in [2.75, 3.05) is 0 Å². The molecule has 0 N–H and O–H groups in total. The Morgan fingerprint density at radius 1 is 1.55 bits per heavy atom. The summed E-state index contributed by atoms with van der Waals surface area (Å²) in [6, 6.07) is 0. The van der Waals surface area contributed by atoms with Crippen LogP contribution in [0.4, 0.5) is 0 Å². The van der Waals surface area contributed by atoms with Gasteiger partial charge in [0.15, 0.2) is 0 Å². The van der Waals surface area contributed by atoms with Crippen LogP contribution in [-0.2, 0) is 0 Å². The fraction of sp³-hybridized carbons (Fsp3) is 0.818. The van der Waals surface area contributed by atoms with E-state index in [9.17, 15) is 0 Å². The van der Waals surface area contributed by atoms with Gasteiger partial charge in [0.1, 0.15) is 0 Å². The Hall–Kier alpha value is -0.260. The van der Waals surface area contributed by atoms with Crippen molar-refractivity contribution in [2.24, 2.45) is 17.8 Å². The molecule has 0 saturated heterocycles. The van der Waals surface area contributed by atoms with E-state index >= 15 is 0 Å². The first kappa shape index (κ1) is 8.83. The molecule has 3 unspecified atom stereocenters. The highest BCUT2D eigenvalue weighted by molar-refractivity contribution is 4.97. The van der Waals surface area contributed by atoms with Gasteiger partial charge in [-0.05, 0) is 30.6 Å². The predicted molar refractivity (Wildman–Crippen MR) is 50.5 cm³/mol. The largest absolute Gasteiger partial charge is 0.0883 e. The van der Waals surface area contributed by atoms with Gasteiger partial charge in [-0.3, -0.25) is 0 Å². The van der Waals surface area contributed by atoms with E-state index in [2.05, 4.69) is 32.9 Å². The Morgan fingerprint density at radius 2 is 2.18 bits per heavy atom.